The number of fused-ring (bicyclic) bond motifs is 1. The third-order valence-corrected chi connectivity index (χ3v) is 6.34. The molecule has 0 aromatic carbocycles. The quantitative estimate of drug-likeness (QED) is 0.490. The zero-order valence-corrected chi connectivity index (χ0v) is 12.0. The number of aliphatic carboxylic acids is 1. The van der Waals surface area contributed by atoms with Crippen molar-refractivity contribution in [2.45, 2.75) is 40.8 Å². The van der Waals surface area contributed by atoms with Crippen molar-refractivity contribution in [3.8, 4) is 0 Å². The fraction of sp³-hybridized carbons (Fsp3) is 0.636. The second kappa shape index (κ2) is 3.75. The van der Waals surface area contributed by atoms with Crippen molar-refractivity contribution in [3.05, 3.63) is 12.7 Å². The molecule has 0 spiro atoms. The Kier molecular flexibility index (Phi) is 2.86. The summed E-state index contributed by atoms with van der Waals surface area (Å²) in [5, 5.41) is 9.12. The Bertz CT molecular complexity index is 412. The van der Waals surface area contributed by atoms with E-state index in [1.54, 1.807) is 6.08 Å². The Labute approximate surface area is 113 Å². The van der Waals surface area contributed by atoms with Crippen LogP contribution in [0.5, 0.6) is 0 Å². The Hall–Kier alpha value is -0.490. The molecule has 0 aliphatic carbocycles. The lowest BCUT2D eigenvalue weighted by Gasteiger charge is -2.49. The first-order chi connectivity index (χ1) is 7.75. The number of carboxylic acids is 1. The van der Waals surface area contributed by atoms with Crippen molar-refractivity contribution in [1.82, 2.24) is 4.90 Å². The summed E-state index contributed by atoms with van der Waals surface area (Å²) in [4.78, 5) is 24.9. The highest BCUT2D eigenvalue weighted by atomic mass is 79.9. The first-order valence-corrected chi connectivity index (χ1v) is 6.96. The molecule has 2 aliphatic rings. The lowest BCUT2D eigenvalue weighted by Crippen LogP contribution is -2.70. The van der Waals surface area contributed by atoms with E-state index in [0.717, 1.165) is 0 Å². The van der Waals surface area contributed by atoms with E-state index in [4.69, 9.17) is 0 Å². The van der Waals surface area contributed by atoms with Crippen molar-refractivity contribution < 1.29 is 14.7 Å². The highest BCUT2D eigenvalue weighted by Gasteiger charge is 2.69. The molecular formula is C11H14BrNO3S. The SMILES string of the molecule is C=CCC1(Br)C(=O)N2[C@@H](C(=O)O)C(C)(C)S[C@@H]21. The Morgan fingerprint density at radius 3 is 2.76 bits per heavy atom. The number of β-lactam (4-membered cyclic amide) rings is 1. The second-order valence-electron chi connectivity index (χ2n) is 4.88. The van der Waals surface area contributed by atoms with Gasteiger partial charge in [0.15, 0.2) is 0 Å². The van der Waals surface area contributed by atoms with Crippen LogP contribution in [0.3, 0.4) is 0 Å². The number of allylic oxidation sites excluding steroid dienone is 1. The fourth-order valence-electron chi connectivity index (χ4n) is 2.49. The first kappa shape index (κ1) is 13.0. The summed E-state index contributed by atoms with van der Waals surface area (Å²) in [5.41, 5.74) is 0. The lowest BCUT2D eigenvalue weighted by molar-refractivity contribution is -0.160. The Morgan fingerprint density at radius 2 is 2.29 bits per heavy atom. The molecule has 94 valence electrons. The van der Waals surface area contributed by atoms with Crippen molar-refractivity contribution in [3.63, 3.8) is 0 Å². The van der Waals surface area contributed by atoms with Crippen molar-refractivity contribution >= 4 is 39.6 Å². The molecular weight excluding hydrogens is 306 g/mol. The highest BCUT2D eigenvalue weighted by molar-refractivity contribution is 9.10. The van der Waals surface area contributed by atoms with E-state index in [0.29, 0.717) is 6.42 Å². The van der Waals surface area contributed by atoms with Gasteiger partial charge in [-0.05, 0) is 20.3 Å². The van der Waals surface area contributed by atoms with Gasteiger partial charge in [-0.2, -0.15) is 0 Å². The summed E-state index contributed by atoms with van der Waals surface area (Å²) in [7, 11) is 0. The van der Waals surface area contributed by atoms with Crippen LogP contribution >= 0.6 is 27.7 Å². The van der Waals surface area contributed by atoms with Gasteiger partial charge in [-0.3, -0.25) is 4.79 Å². The predicted octanol–water partition coefficient (Wildman–Crippen LogP) is 1.84. The molecule has 0 radical (unpaired) electrons. The number of carbonyl (C=O) groups is 2. The van der Waals surface area contributed by atoms with E-state index >= 15 is 0 Å². The van der Waals surface area contributed by atoms with Crippen LogP contribution in [0.25, 0.3) is 0 Å². The molecule has 2 heterocycles. The van der Waals surface area contributed by atoms with Crippen molar-refractivity contribution in [1.29, 1.82) is 0 Å². The zero-order valence-electron chi connectivity index (χ0n) is 9.64. The van der Waals surface area contributed by atoms with Crippen LogP contribution in [0.15, 0.2) is 12.7 Å². The molecule has 4 nitrogen and oxygen atoms in total. The number of carboxylic acid groups (broad SMARTS) is 1. The molecule has 6 heteroatoms. The summed E-state index contributed by atoms with van der Waals surface area (Å²) >= 11 is 4.99. The first-order valence-electron chi connectivity index (χ1n) is 5.29. The van der Waals surface area contributed by atoms with Crippen LogP contribution < -0.4 is 0 Å². The van der Waals surface area contributed by atoms with E-state index in [1.165, 1.54) is 16.7 Å². The minimum Gasteiger partial charge on any atom is -0.480 e. The Morgan fingerprint density at radius 1 is 1.71 bits per heavy atom. The van der Waals surface area contributed by atoms with Gasteiger partial charge in [0, 0.05) is 4.75 Å². The zero-order chi connectivity index (χ0) is 13.0. The monoisotopic (exact) mass is 319 g/mol. The number of hydrogen-bond acceptors (Lipinski definition) is 3. The van der Waals surface area contributed by atoms with Gasteiger partial charge in [0.2, 0.25) is 5.91 Å². The molecule has 2 saturated heterocycles. The number of rotatable bonds is 3. The number of thioether (sulfide) groups is 1. The molecule has 17 heavy (non-hydrogen) atoms. The van der Waals surface area contributed by atoms with Gasteiger partial charge in [-0.15, -0.1) is 18.3 Å². The third-order valence-electron chi connectivity index (χ3n) is 3.26. The summed E-state index contributed by atoms with van der Waals surface area (Å²) in [6, 6.07) is -0.750. The largest absolute Gasteiger partial charge is 0.480 e. The van der Waals surface area contributed by atoms with Crippen LogP contribution in [-0.2, 0) is 9.59 Å². The molecule has 2 aliphatic heterocycles. The van der Waals surface area contributed by atoms with E-state index in [2.05, 4.69) is 22.5 Å². The maximum atomic E-state index is 12.1. The van der Waals surface area contributed by atoms with Crippen LogP contribution in [0.1, 0.15) is 20.3 Å². The standard InChI is InChI=1S/C11H14BrNO3S/c1-4-5-11(12)8(16)13-6(7(14)15)10(2,3)17-9(11)13/h4,6,9H,1,5H2,2-3H3,(H,14,15)/t6-,9+,11?/m0/s1. The summed E-state index contributed by atoms with van der Waals surface area (Å²) < 4.78 is -1.14. The van der Waals surface area contributed by atoms with Gasteiger partial charge in [0.25, 0.3) is 0 Å². The van der Waals surface area contributed by atoms with Crippen LogP contribution in [0.2, 0.25) is 0 Å². The third kappa shape index (κ3) is 1.57. The summed E-state index contributed by atoms with van der Waals surface area (Å²) in [5.74, 6) is -1.08. The molecule has 1 amide bonds. The molecule has 0 bridgehead atoms. The highest BCUT2D eigenvalue weighted by Crippen LogP contribution is 2.58. The van der Waals surface area contributed by atoms with E-state index in [1.807, 2.05) is 13.8 Å². The summed E-state index contributed by atoms with van der Waals surface area (Å²) in [6.07, 6.45) is 2.20. The van der Waals surface area contributed by atoms with Gasteiger partial charge < -0.3 is 10.0 Å². The topological polar surface area (TPSA) is 57.6 Å². The van der Waals surface area contributed by atoms with Gasteiger partial charge in [-0.1, -0.05) is 22.0 Å². The number of halogens is 1. The van der Waals surface area contributed by atoms with Crippen LogP contribution in [-0.4, -0.2) is 42.4 Å². The Balaban J connectivity index is 2.34. The molecule has 0 aromatic rings. The smallest absolute Gasteiger partial charge is 0.327 e. The molecule has 2 fully saturated rings. The second-order valence-corrected chi connectivity index (χ2v) is 8.03. The summed E-state index contributed by atoms with van der Waals surface area (Å²) in [6.45, 7) is 7.37. The van der Waals surface area contributed by atoms with E-state index in [-0.39, 0.29) is 11.3 Å². The maximum absolute atomic E-state index is 12.1. The molecule has 3 atom stereocenters. The minimum atomic E-state index is -0.938. The number of amides is 1. The average Bonchev–Trinajstić information content (AvgIpc) is 2.48. The minimum absolute atomic E-state index is 0.121. The predicted molar refractivity (Wildman–Crippen MR) is 70.2 cm³/mol. The van der Waals surface area contributed by atoms with Crippen molar-refractivity contribution in [2.75, 3.05) is 0 Å². The van der Waals surface area contributed by atoms with Gasteiger partial charge in [0.05, 0.1) is 0 Å². The van der Waals surface area contributed by atoms with Crippen LogP contribution in [0.4, 0.5) is 0 Å². The average molecular weight is 320 g/mol. The maximum Gasteiger partial charge on any atom is 0.327 e. The van der Waals surface area contributed by atoms with Crippen LogP contribution in [0, 0.1) is 0 Å². The molecule has 1 N–H and O–H groups in total. The fourth-order valence-corrected chi connectivity index (χ4v) is 5.05. The van der Waals surface area contributed by atoms with Gasteiger partial charge in [0.1, 0.15) is 15.7 Å². The molecule has 0 saturated carbocycles. The van der Waals surface area contributed by atoms with Gasteiger partial charge >= 0.3 is 5.97 Å². The lowest BCUT2D eigenvalue weighted by atomic mass is 9.89. The normalized spacial score (nSPS) is 38.5. The van der Waals surface area contributed by atoms with E-state index in [9.17, 15) is 14.7 Å². The number of hydrogen-bond donors (Lipinski definition) is 1. The molecule has 1 unspecified atom stereocenters. The molecule has 0 aromatic heterocycles. The van der Waals surface area contributed by atoms with Gasteiger partial charge in [-0.25, -0.2) is 4.79 Å². The molecule has 2 rings (SSSR count). The number of nitrogens with zero attached hydrogens (tertiary/aromatic N) is 1. The van der Waals surface area contributed by atoms with E-state index < -0.39 is 21.1 Å². The number of carbonyl (C=O) groups excluding carboxylic acids is 1. The van der Waals surface area contributed by atoms with Crippen molar-refractivity contribution in [2.24, 2.45) is 0 Å². The number of alkyl halides is 1.